The summed E-state index contributed by atoms with van der Waals surface area (Å²) in [4.78, 5) is 42.2. The Balaban J connectivity index is 1.39. The minimum atomic E-state index is -1.05. The van der Waals surface area contributed by atoms with Crippen LogP contribution in [-0.2, 0) is 20.8 Å². The van der Waals surface area contributed by atoms with Crippen LogP contribution in [0.2, 0.25) is 0 Å². The van der Waals surface area contributed by atoms with E-state index in [1.54, 1.807) is 30.3 Å². The number of allylic oxidation sites excluding steroid dienone is 4. The lowest BCUT2D eigenvalue weighted by Crippen LogP contribution is -2.41. The SMILES string of the molecule is Nc1ccccc1NC(=O)c1ccc(CN(CCC(=O)O)C(=O)NC2=COC=C(C3=CC=CCC3)O2)cn1. The van der Waals surface area contributed by atoms with Crippen LogP contribution >= 0.6 is 0 Å². The Labute approximate surface area is 218 Å². The van der Waals surface area contributed by atoms with E-state index in [9.17, 15) is 14.4 Å². The molecule has 2 aliphatic rings. The third-order valence-electron chi connectivity index (χ3n) is 5.65. The Bertz CT molecular complexity index is 1330. The van der Waals surface area contributed by atoms with Crippen molar-refractivity contribution in [3.8, 4) is 0 Å². The maximum Gasteiger partial charge on any atom is 0.324 e. The van der Waals surface area contributed by atoms with Gasteiger partial charge in [0, 0.05) is 19.3 Å². The zero-order valence-corrected chi connectivity index (χ0v) is 20.4. The summed E-state index contributed by atoms with van der Waals surface area (Å²) in [5.74, 6) is -0.927. The number of carboxylic acid groups (broad SMARTS) is 1. The van der Waals surface area contributed by atoms with Gasteiger partial charge in [0.05, 0.1) is 17.8 Å². The summed E-state index contributed by atoms with van der Waals surface area (Å²) in [5, 5.41) is 14.5. The van der Waals surface area contributed by atoms with Crippen molar-refractivity contribution < 1.29 is 29.0 Å². The predicted molar refractivity (Wildman–Crippen MR) is 139 cm³/mol. The van der Waals surface area contributed by atoms with Crippen LogP contribution in [0.5, 0.6) is 0 Å². The maximum atomic E-state index is 13.0. The summed E-state index contributed by atoms with van der Waals surface area (Å²) in [6.07, 6.45) is 11.4. The lowest BCUT2D eigenvalue weighted by atomic mass is 10.0. The molecule has 2 heterocycles. The highest BCUT2D eigenvalue weighted by Crippen LogP contribution is 2.25. The highest BCUT2D eigenvalue weighted by atomic mass is 16.6. The van der Waals surface area contributed by atoms with E-state index in [-0.39, 0.29) is 31.1 Å². The third-order valence-corrected chi connectivity index (χ3v) is 5.65. The summed E-state index contributed by atoms with van der Waals surface area (Å²) >= 11 is 0. The van der Waals surface area contributed by atoms with E-state index in [0.29, 0.717) is 22.7 Å². The number of ether oxygens (including phenoxy) is 2. The molecule has 3 amide bonds. The fourth-order valence-electron chi connectivity index (χ4n) is 3.67. The molecule has 1 aromatic heterocycles. The molecule has 38 heavy (non-hydrogen) atoms. The number of pyridine rings is 1. The average molecular weight is 518 g/mol. The number of para-hydroxylation sites is 2. The minimum absolute atomic E-state index is 0.0480. The number of amides is 3. The van der Waals surface area contributed by atoms with Crippen molar-refractivity contribution in [3.05, 3.63) is 102 Å². The summed E-state index contributed by atoms with van der Waals surface area (Å²) in [6.45, 7) is -0.0180. The fourth-order valence-corrected chi connectivity index (χ4v) is 3.67. The van der Waals surface area contributed by atoms with Gasteiger partial charge in [-0.2, -0.15) is 0 Å². The zero-order valence-electron chi connectivity index (χ0n) is 20.4. The number of anilines is 2. The highest BCUT2D eigenvalue weighted by molar-refractivity contribution is 6.04. The Morgan fingerprint density at radius 1 is 1.11 bits per heavy atom. The van der Waals surface area contributed by atoms with Crippen molar-refractivity contribution in [2.24, 2.45) is 0 Å². The quantitative estimate of drug-likeness (QED) is 0.365. The van der Waals surface area contributed by atoms with Gasteiger partial charge in [0.2, 0.25) is 5.88 Å². The molecule has 1 aliphatic carbocycles. The van der Waals surface area contributed by atoms with Crippen LogP contribution in [0.25, 0.3) is 0 Å². The van der Waals surface area contributed by atoms with E-state index in [1.165, 1.54) is 29.7 Å². The van der Waals surface area contributed by atoms with Crippen LogP contribution in [0.15, 0.2) is 90.6 Å². The number of rotatable bonds is 9. The van der Waals surface area contributed by atoms with Gasteiger partial charge in [0.25, 0.3) is 5.91 Å². The van der Waals surface area contributed by atoms with Gasteiger partial charge in [-0.05, 0) is 42.2 Å². The van der Waals surface area contributed by atoms with Gasteiger partial charge in [0.15, 0.2) is 12.0 Å². The summed E-state index contributed by atoms with van der Waals surface area (Å²) in [7, 11) is 0. The Hall–Kier alpha value is -5.06. The van der Waals surface area contributed by atoms with Crippen LogP contribution in [0, 0.1) is 0 Å². The zero-order chi connectivity index (χ0) is 26.9. The van der Waals surface area contributed by atoms with Crippen molar-refractivity contribution in [2.75, 3.05) is 17.6 Å². The van der Waals surface area contributed by atoms with Crippen molar-refractivity contribution in [1.82, 2.24) is 15.2 Å². The molecule has 0 bridgehead atoms. The number of carbonyl (C=O) groups excluding carboxylic acids is 2. The monoisotopic (exact) mass is 517 g/mol. The second-order valence-electron chi connectivity index (χ2n) is 8.45. The van der Waals surface area contributed by atoms with E-state index in [2.05, 4.69) is 15.6 Å². The minimum Gasteiger partial charge on any atom is -0.481 e. The van der Waals surface area contributed by atoms with Crippen LogP contribution in [0.4, 0.5) is 16.2 Å². The smallest absolute Gasteiger partial charge is 0.324 e. The van der Waals surface area contributed by atoms with Gasteiger partial charge in [0.1, 0.15) is 12.0 Å². The molecule has 0 saturated heterocycles. The Kier molecular flexibility index (Phi) is 8.39. The van der Waals surface area contributed by atoms with Crippen molar-refractivity contribution in [2.45, 2.75) is 25.8 Å². The largest absolute Gasteiger partial charge is 0.481 e. The number of benzene rings is 1. The number of aliphatic carboxylic acids is 1. The van der Waals surface area contributed by atoms with E-state index < -0.39 is 17.9 Å². The standard InChI is InChI=1S/C27H27N5O6/c28-20-8-4-5-9-21(20)30-26(35)22-11-10-18(14-29-22)15-32(13-12-25(33)34)27(36)31-24-17-37-16-23(38-24)19-6-2-1-3-7-19/h1-2,4-6,8-11,14,16-17H,3,7,12-13,15,28H2,(H,30,35)(H,31,36)(H,33,34). The summed E-state index contributed by atoms with van der Waals surface area (Å²) < 4.78 is 11.1. The van der Waals surface area contributed by atoms with E-state index in [1.807, 2.05) is 18.2 Å². The van der Waals surface area contributed by atoms with E-state index in [0.717, 1.165) is 18.4 Å². The molecule has 1 aromatic carbocycles. The second kappa shape index (κ2) is 12.3. The lowest BCUT2D eigenvalue weighted by Gasteiger charge is -2.25. The van der Waals surface area contributed by atoms with Gasteiger partial charge in [-0.25, -0.2) is 4.79 Å². The molecule has 0 fully saturated rings. The molecule has 0 unspecified atom stereocenters. The molecule has 196 valence electrons. The third kappa shape index (κ3) is 7.00. The average Bonchev–Trinajstić information content (AvgIpc) is 2.93. The number of nitrogen functional groups attached to an aromatic ring is 1. The molecular formula is C27H27N5O6. The number of carbonyl (C=O) groups is 3. The topological polar surface area (TPSA) is 156 Å². The molecule has 0 atom stereocenters. The molecule has 4 rings (SSSR count). The van der Waals surface area contributed by atoms with Gasteiger partial charge in [-0.3, -0.25) is 19.9 Å². The molecule has 1 aliphatic heterocycles. The number of aromatic nitrogens is 1. The van der Waals surface area contributed by atoms with Crippen LogP contribution in [-0.4, -0.2) is 39.4 Å². The van der Waals surface area contributed by atoms with Gasteiger partial charge < -0.3 is 30.5 Å². The first-order chi connectivity index (χ1) is 18.4. The summed E-state index contributed by atoms with van der Waals surface area (Å²) in [6, 6.07) is 9.43. The number of hydrogen-bond acceptors (Lipinski definition) is 7. The molecule has 11 heteroatoms. The Morgan fingerprint density at radius 3 is 2.66 bits per heavy atom. The molecular weight excluding hydrogens is 490 g/mol. The first-order valence-corrected chi connectivity index (χ1v) is 11.9. The molecule has 11 nitrogen and oxygen atoms in total. The number of nitrogens with two attached hydrogens (primary N) is 1. The number of nitrogens with zero attached hydrogens (tertiary/aromatic N) is 2. The molecule has 0 spiro atoms. The molecule has 0 radical (unpaired) electrons. The molecule has 0 saturated carbocycles. The first-order valence-electron chi connectivity index (χ1n) is 11.9. The van der Waals surface area contributed by atoms with Crippen LogP contribution in [0.1, 0.15) is 35.3 Å². The predicted octanol–water partition coefficient (Wildman–Crippen LogP) is 3.87. The van der Waals surface area contributed by atoms with Gasteiger partial charge >= 0.3 is 12.0 Å². The first kappa shape index (κ1) is 26.0. The van der Waals surface area contributed by atoms with Crippen LogP contribution in [0.3, 0.4) is 0 Å². The fraction of sp³-hybridized carbons (Fsp3) is 0.185. The summed E-state index contributed by atoms with van der Waals surface area (Å²) in [5.41, 5.74) is 8.44. The van der Waals surface area contributed by atoms with Crippen LogP contribution < -0.4 is 16.4 Å². The maximum absolute atomic E-state index is 13.0. The number of carboxylic acids is 1. The van der Waals surface area contributed by atoms with Crippen molar-refractivity contribution in [1.29, 1.82) is 0 Å². The molecule has 2 aromatic rings. The van der Waals surface area contributed by atoms with Crippen molar-refractivity contribution >= 4 is 29.3 Å². The van der Waals surface area contributed by atoms with E-state index in [4.69, 9.17) is 20.3 Å². The lowest BCUT2D eigenvalue weighted by molar-refractivity contribution is -0.137. The Morgan fingerprint density at radius 2 is 1.95 bits per heavy atom. The van der Waals surface area contributed by atoms with E-state index >= 15 is 0 Å². The number of nitrogens with one attached hydrogen (secondary N) is 2. The number of urea groups is 1. The second-order valence-corrected chi connectivity index (χ2v) is 8.45. The highest BCUT2D eigenvalue weighted by Gasteiger charge is 2.21. The van der Waals surface area contributed by atoms with Gasteiger partial charge in [-0.15, -0.1) is 0 Å². The van der Waals surface area contributed by atoms with Crippen molar-refractivity contribution in [3.63, 3.8) is 0 Å². The van der Waals surface area contributed by atoms with Gasteiger partial charge in [-0.1, -0.05) is 36.4 Å². The number of hydrogen-bond donors (Lipinski definition) is 4. The molecule has 5 N–H and O–H groups in total. The normalized spacial score (nSPS) is 14.2.